The molecule has 19 heavy (non-hydrogen) atoms. The van der Waals surface area contributed by atoms with E-state index in [-0.39, 0.29) is 17.2 Å². The highest BCUT2D eigenvalue weighted by Crippen LogP contribution is 2.31. The van der Waals surface area contributed by atoms with E-state index in [1.165, 1.54) is 25.0 Å². The van der Waals surface area contributed by atoms with Crippen LogP contribution >= 0.6 is 0 Å². The van der Waals surface area contributed by atoms with E-state index in [2.05, 4.69) is 20.4 Å². The van der Waals surface area contributed by atoms with Gasteiger partial charge in [-0.15, -0.1) is 0 Å². The van der Waals surface area contributed by atoms with Gasteiger partial charge in [0.15, 0.2) is 0 Å². The highest BCUT2D eigenvalue weighted by molar-refractivity contribution is 5.91. The molecule has 0 bridgehead atoms. The summed E-state index contributed by atoms with van der Waals surface area (Å²) in [6.07, 6.45) is 3.82. The van der Waals surface area contributed by atoms with Gasteiger partial charge in [0.05, 0.1) is 0 Å². The zero-order valence-corrected chi connectivity index (χ0v) is 10.8. The summed E-state index contributed by atoms with van der Waals surface area (Å²) < 4.78 is 0. The number of amides is 1. The Labute approximate surface area is 111 Å². The van der Waals surface area contributed by atoms with Crippen molar-refractivity contribution in [3.05, 3.63) is 28.2 Å². The molecule has 0 aromatic carbocycles. The maximum atomic E-state index is 11.8. The van der Waals surface area contributed by atoms with Gasteiger partial charge < -0.3 is 10.2 Å². The molecule has 1 aromatic rings. The molecule has 1 atom stereocenters. The van der Waals surface area contributed by atoms with Crippen LogP contribution in [-0.2, 0) is 0 Å². The van der Waals surface area contributed by atoms with Crippen molar-refractivity contribution < 1.29 is 4.79 Å². The first-order chi connectivity index (χ1) is 9.22. The maximum absolute atomic E-state index is 11.8. The van der Waals surface area contributed by atoms with Gasteiger partial charge in [0.1, 0.15) is 5.69 Å². The van der Waals surface area contributed by atoms with Crippen molar-refractivity contribution in [2.24, 2.45) is 5.92 Å². The molecule has 1 aliphatic heterocycles. The van der Waals surface area contributed by atoms with Crippen LogP contribution in [0.3, 0.4) is 0 Å². The number of carbonyl (C=O) groups is 1. The Morgan fingerprint density at radius 1 is 1.42 bits per heavy atom. The lowest BCUT2D eigenvalue weighted by Gasteiger charge is -2.14. The fourth-order valence-corrected chi connectivity index (χ4v) is 2.60. The molecular weight excluding hydrogens is 244 g/mol. The summed E-state index contributed by atoms with van der Waals surface area (Å²) in [5, 5.41) is 8.87. The van der Waals surface area contributed by atoms with Crippen LogP contribution in [0.4, 0.5) is 0 Å². The molecule has 1 saturated carbocycles. The number of carbonyl (C=O) groups excluding carboxylic acids is 1. The molecule has 2 aliphatic rings. The van der Waals surface area contributed by atoms with Gasteiger partial charge in [-0.3, -0.25) is 9.59 Å². The molecule has 1 aliphatic carbocycles. The molecular formula is C13H18N4O2. The average Bonchev–Trinajstić information content (AvgIpc) is 3.16. The third-order valence-electron chi connectivity index (χ3n) is 3.84. The molecule has 2 heterocycles. The fourth-order valence-electron chi connectivity index (χ4n) is 2.60. The Balaban J connectivity index is 1.48. The number of likely N-dealkylation sites (tertiary alicyclic amines) is 1. The van der Waals surface area contributed by atoms with Crippen LogP contribution in [0.25, 0.3) is 0 Å². The summed E-state index contributed by atoms with van der Waals surface area (Å²) in [6.45, 7) is 2.93. The van der Waals surface area contributed by atoms with E-state index in [0.717, 1.165) is 25.6 Å². The van der Waals surface area contributed by atoms with Crippen LogP contribution in [0.1, 0.15) is 29.8 Å². The molecule has 2 N–H and O–H groups in total. The van der Waals surface area contributed by atoms with Crippen LogP contribution in [0.2, 0.25) is 0 Å². The Morgan fingerprint density at radius 3 is 2.95 bits per heavy atom. The third-order valence-corrected chi connectivity index (χ3v) is 3.84. The number of hydrogen-bond acceptors (Lipinski definition) is 4. The second-order valence-corrected chi connectivity index (χ2v) is 5.40. The summed E-state index contributed by atoms with van der Waals surface area (Å²) in [5.41, 5.74) is -0.0379. The highest BCUT2D eigenvalue weighted by Gasteiger charge is 2.34. The van der Waals surface area contributed by atoms with Gasteiger partial charge in [-0.05, 0) is 37.8 Å². The van der Waals surface area contributed by atoms with Crippen molar-refractivity contribution in [3.63, 3.8) is 0 Å². The lowest BCUT2D eigenvalue weighted by Crippen LogP contribution is -2.32. The molecule has 1 aromatic heterocycles. The lowest BCUT2D eigenvalue weighted by atomic mass is 10.1. The minimum atomic E-state index is -0.299. The zero-order valence-electron chi connectivity index (χ0n) is 10.8. The lowest BCUT2D eigenvalue weighted by molar-refractivity contribution is 0.0941. The molecule has 0 radical (unpaired) electrons. The van der Waals surface area contributed by atoms with E-state index in [1.54, 1.807) is 0 Å². The number of nitrogens with zero attached hydrogens (tertiary/aromatic N) is 2. The van der Waals surface area contributed by atoms with Crippen LogP contribution in [0.5, 0.6) is 0 Å². The first-order valence-corrected chi connectivity index (χ1v) is 6.80. The van der Waals surface area contributed by atoms with Gasteiger partial charge in [-0.2, -0.15) is 5.10 Å². The van der Waals surface area contributed by atoms with E-state index in [0.29, 0.717) is 12.5 Å². The largest absolute Gasteiger partial charge is 0.350 e. The monoisotopic (exact) mass is 262 g/mol. The molecule has 3 rings (SSSR count). The van der Waals surface area contributed by atoms with Crippen molar-refractivity contribution in [3.8, 4) is 0 Å². The number of hydrogen-bond donors (Lipinski definition) is 2. The van der Waals surface area contributed by atoms with Crippen molar-refractivity contribution in [1.82, 2.24) is 20.4 Å². The second-order valence-electron chi connectivity index (χ2n) is 5.40. The summed E-state index contributed by atoms with van der Waals surface area (Å²) in [5.74, 6) is 0.313. The Hall–Kier alpha value is -1.69. The third kappa shape index (κ3) is 3.01. The maximum Gasteiger partial charge on any atom is 0.271 e. The summed E-state index contributed by atoms with van der Waals surface area (Å²) >= 11 is 0. The minimum absolute atomic E-state index is 0.221. The van der Waals surface area contributed by atoms with Gasteiger partial charge >= 0.3 is 0 Å². The molecule has 1 amide bonds. The molecule has 1 saturated heterocycles. The highest BCUT2D eigenvalue weighted by atomic mass is 16.2. The van der Waals surface area contributed by atoms with Gasteiger partial charge in [-0.1, -0.05) is 0 Å². The molecule has 6 heteroatoms. The number of aromatic nitrogens is 2. The predicted molar refractivity (Wildman–Crippen MR) is 69.9 cm³/mol. The molecule has 0 spiro atoms. The van der Waals surface area contributed by atoms with Gasteiger partial charge in [-0.25, -0.2) is 5.10 Å². The first-order valence-electron chi connectivity index (χ1n) is 6.80. The van der Waals surface area contributed by atoms with E-state index in [1.807, 2.05) is 0 Å². The predicted octanol–water partition coefficient (Wildman–Crippen LogP) is -0.0160. The van der Waals surface area contributed by atoms with Gasteiger partial charge in [0.2, 0.25) is 0 Å². The van der Waals surface area contributed by atoms with E-state index in [4.69, 9.17) is 0 Å². The summed E-state index contributed by atoms with van der Waals surface area (Å²) in [7, 11) is 0. The Bertz CT molecular complexity index is 503. The normalized spacial score (nSPS) is 23.5. The SMILES string of the molecule is O=C(NCC1CCN(C2CC2)C1)c1ccc(=O)[nH]n1. The fraction of sp³-hybridized carbons (Fsp3) is 0.615. The Kier molecular flexibility index (Phi) is 3.33. The minimum Gasteiger partial charge on any atom is -0.350 e. The molecule has 102 valence electrons. The van der Waals surface area contributed by atoms with Crippen LogP contribution in [0, 0.1) is 5.92 Å². The van der Waals surface area contributed by atoms with Crippen LogP contribution in [-0.4, -0.2) is 46.7 Å². The number of nitrogens with one attached hydrogen (secondary N) is 2. The van der Waals surface area contributed by atoms with E-state index >= 15 is 0 Å². The first kappa shape index (κ1) is 12.3. The Morgan fingerprint density at radius 2 is 2.26 bits per heavy atom. The van der Waals surface area contributed by atoms with Gasteiger partial charge in [0.25, 0.3) is 11.5 Å². The standard InChI is InChI=1S/C13H18N4O2/c18-12-4-3-11(15-16-12)13(19)14-7-9-5-6-17(8-9)10-1-2-10/h3-4,9-10H,1-2,5-8H2,(H,14,19)(H,16,18). The number of H-pyrrole nitrogens is 1. The van der Waals surface area contributed by atoms with Gasteiger partial charge in [0, 0.05) is 25.2 Å². The van der Waals surface area contributed by atoms with E-state index < -0.39 is 0 Å². The van der Waals surface area contributed by atoms with Crippen LogP contribution in [0.15, 0.2) is 16.9 Å². The average molecular weight is 262 g/mol. The zero-order chi connectivity index (χ0) is 13.2. The molecule has 1 unspecified atom stereocenters. The van der Waals surface area contributed by atoms with E-state index in [9.17, 15) is 9.59 Å². The second kappa shape index (κ2) is 5.13. The molecule has 2 fully saturated rings. The number of aromatic amines is 1. The molecule has 6 nitrogen and oxygen atoms in total. The summed E-state index contributed by atoms with van der Waals surface area (Å²) in [4.78, 5) is 25.2. The topological polar surface area (TPSA) is 78.1 Å². The van der Waals surface area contributed by atoms with Crippen molar-refractivity contribution in [1.29, 1.82) is 0 Å². The van der Waals surface area contributed by atoms with Crippen molar-refractivity contribution >= 4 is 5.91 Å². The summed E-state index contributed by atoms with van der Waals surface area (Å²) in [6, 6.07) is 3.56. The van der Waals surface area contributed by atoms with Crippen molar-refractivity contribution in [2.75, 3.05) is 19.6 Å². The van der Waals surface area contributed by atoms with Crippen LogP contribution < -0.4 is 10.9 Å². The van der Waals surface area contributed by atoms with Crippen molar-refractivity contribution in [2.45, 2.75) is 25.3 Å². The smallest absolute Gasteiger partial charge is 0.271 e. The number of rotatable bonds is 4. The quantitative estimate of drug-likeness (QED) is 0.799.